The molecule has 0 bridgehead atoms. The molecule has 1 saturated heterocycles. The zero-order valence-corrected chi connectivity index (χ0v) is 21.2. The third-order valence-corrected chi connectivity index (χ3v) is 6.67. The van der Waals surface area contributed by atoms with Crippen LogP contribution in [0.4, 0.5) is 26.1 Å². The van der Waals surface area contributed by atoms with Crippen molar-refractivity contribution in [3.63, 3.8) is 0 Å². The number of nitrogens with zero attached hydrogens (tertiary/aromatic N) is 4. The minimum Gasteiger partial charge on any atom is -0.493 e. The Balaban J connectivity index is 1.18. The molecule has 39 heavy (non-hydrogen) atoms. The Hall–Kier alpha value is -4.16. The van der Waals surface area contributed by atoms with Crippen LogP contribution < -0.4 is 15.4 Å². The molecule has 2 aromatic heterocycles. The number of nitrogens with one attached hydrogen (secondary N) is 3. The van der Waals surface area contributed by atoms with Crippen molar-refractivity contribution < 1.29 is 23.4 Å². The van der Waals surface area contributed by atoms with E-state index < -0.39 is 17.5 Å². The van der Waals surface area contributed by atoms with E-state index in [1.54, 1.807) is 6.07 Å². The number of anilines is 3. The second-order valence-electron chi connectivity index (χ2n) is 9.45. The number of halogens is 2. The molecule has 1 aliphatic heterocycles. The molecule has 5 rings (SSSR count). The first-order valence-corrected chi connectivity index (χ1v) is 12.7. The Morgan fingerprint density at radius 1 is 1.15 bits per heavy atom. The molecule has 0 radical (unpaired) electrons. The Morgan fingerprint density at radius 3 is 2.82 bits per heavy atom. The number of aliphatic hydroxyl groups is 1. The first kappa shape index (κ1) is 26.4. The minimum atomic E-state index is -1.11. The fourth-order valence-electron chi connectivity index (χ4n) is 4.56. The van der Waals surface area contributed by atoms with Gasteiger partial charge in [-0.05, 0) is 56.1 Å². The Kier molecular flexibility index (Phi) is 8.23. The zero-order valence-electron chi connectivity index (χ0n) is 21.2. The van der Waals surface area contributed by atoms with E-state index in [-0.39, 0.29) is 18.7 Å². The van der Waals surface area contributed by atoms with Gasteiger partial charge in [-0.3, -0.25) is 9.89 Å². The summed E-state index contributed by atoms with van der Waals surface area (Å²) in [5.74, 6) is -0.497. The zero-order chi connectivity index (χ0) is 27.2. The number of piperidine rings is 1. The number of likely N-dealkylation sites (tertiary alicyclic amines) is 1. The summed E-state index contributed by atoms with van der Waals surface area (Å²) >= 11 is 0. The number of carbonyl (C=O) groups excluding carboxylic acids is 1. The highest BCUT2D eigenvalue weighted by Crippen LogP contribution is 2.27. The molecule has 0 saturated carbocycles. The van der Waals surface area contributed by atoms with Gasteiger partial charge in [0.25, 0.3) is 0 Å². The summed E-state index contributed by atoms with van der Waals surface area (Å²) in [7, 11) is 0. The lowest BCUT2D eigenvalue weighted by atomic mass is 9.98. The lowest BCUT2D eigenvalue weighted by Gasteiger charge is -2.31. The molecule has 3 heterocycles. The van der Waals surface area contributed by atoms with Crippen LogP contribution in [0.3, 0.4) is 0 Å². The maximum atomic E-state index is 13.8. The molecule has 12 heteroatoms. The number of hydrogen-bond acceptors (Lipinski definition) is 8. The van der Waals surface area contributed by atoms with Crippen molar-refractivity contribution in [3.8, 4) is 5.75 Å². The fraction of sp³-hybridized carbons (Fsp3) is 0.333. The average molecular weight is 538 g/mol. The summed E-state index contributed by atoms with van der Waals surface area (Å²) in [5.41, 5.74) is 0.954. The Labute approximate surface area is 223 Å². The van der Waals surface area contributed by atoms with Crippen molar-refractivity contribution in [2.75, 3.05) is 43.5 Å². The van der Waals surface area contributed by atoms with E-state index in [4.69, 9.17) is 9.84 Å². The number of β-amino-alcohol motifs (C(OH)–C–C–N with tert-alkyl or cyclic N) is 1. The highest BCUT2D eigenvalue weighted by molar-refractivity contribution is 5.93. The van der Waals surface area contributed by atoms with Crippen LogP contribution in [-0.4, -0.2) is 68.9 Å². The SMILES string of the molecule is O=C(Cc1cc(Nc2ncnc3cc(OCC4CCN(CCO)CC4)ccc23)n[nH]1)Nc1cccc(F)c1F. The topological polar surface area (TPSA) is 128 Å². The van der Waals surface area contributed by atoms with Crippen LogP contribution in [-0.2, 0) is 11.2 Å². The molecule has 1 aliphatic rings. The van der Waals surface area contributed by atoms with E-state index in [0.717, 1.165) is 49.7 Å². The largest absolute Gasteiger partial charge is 0.493 e. The molecule has 10 nitrogen and oxygen atoms in total. The van der Waals surface area contributed by atoms with Crippen molar-refractivity contribution in [2.24, 2.45) is 5.92 Å². The van der Waals surface area contributed by atoms with Gasteiger partial charge < -0.3 is 25.4 Å². The van der Waals surface area contributed by atoms with Crippen LogP contribution in [0, 0.1) is 17.6 Å². The number of aromatic amines is 1. The van der Waals surface area contributed by atoms with Gasteiger partial charge in [0.05, 0.1) is 30.8 Å². The van der Waals surface area contributed by atoms with Crippen molar-refractivity contribution in [1.29, 1.82) is 0 Å². The van der Waals surface area contributed by atoms with Crippen LogP contribution in [0.5, 0.6) is 5.75 Å². The number of benzene rings is 2. The molecule has 0 atom stereocenters. The number of rotatable bonds is 10. The van der Waals surface area contributed by atoms with Gasteiger partial charge in [-0.25, -0.2) is 18.7 Å². The van der Waals surface area contributed by atoms with Crippen molar-refractivity contribution in [2.45, 2.75) is 19.3 Å². The third kappa shape index (κ3) is 6.65. The molecule has 4 aromatic rings. The molecule has 2 aromatic carbocycles. The van der Waals surface area contributed by atoms with Crippen LogP contribution in [0.1, 0.15) is 18.5 Å². The van der Waals surface area contributed by atoms with E-state index in [1.165, 1.54) is 18.5 Å². The lowest BCUT2D eigenvalue weighted by molar-refractivity contribution is -0.115. The van der Waals surface area contributed by atoms with Gasteiger partial charge in [0, 0.05) is 29.8 Å². The summed E-state index contributed by atoms with van der Waals surface area (Å²) in [5, 5.41) is 22.3. The second-order valence-corrected chi connectivity index (χ2v) is 9.45. The first-order valence-electron chi connectivity index (χ1n) is 12.7. The van der Waals surface area contributed by atoms with Crippen LogP contribution in [0.15, 0.2) is 48.8 Å². The van der Waals surface area contributed by atoms with E-state index in [1.807, 2.05) is 18.2 Å². The molecule has 0 unspecified atom stereocenters. The third-order valence-electron chi connectivity index (χ3n) is 6.67. The average Bonchev–Trinajstić information content (AvgIpc) is 3.37. The molecular formula is C27H29F2N7O3. The summed E-state index contributed by atoms with van der Waals surface area (Å²) in [6.45, 7) is 3.49. The van der Waals surface area contributed by atoms with Crippen molar-refractivity contribution >= 4 is 34.1 Å². The Morgan fingerprint density at radius 2 is 2.00 bits per heavy atom. The van der Waals surface area contributed by atoms with Gasteiger partial charge in [0.15, 0.2) is 17.5 Å². The summed E-state index contributed by atoms with van der Waals surface area (Å²) < 4.78 is 33.2. The quantitative estimate of drug-likeness (QED) is 0.241. The Bertz CT molecular complexity index is 1440. The number of carbonyl (C=O) groups is 1. The fourth-order valence-corrected chi connectivity index (χ4v) is 4.56. The first-order chi connectivity index (χ1) is 19.0. The molecule has 204 valence electrons. The molecule has 1 fully saturated rings. The summed E-state index contributed by atoms with van der Waals surface area (Å²) in [4.78, 5) is 23.3. The van der Waals surface area contributed by atoms with E-state index in [0.29, 0.717) is 35.4 Å². The minimum absolute atomic E-state index is 0.115. The molecule has 0 spiro atoms. The number of amides is 1. The maximum absolute atomic E-state index is 13.8. The lowest BCUT2D eigenvalue weighted by Crippen LogP contribution is -2.37. The molecule has 4 N–H and O–H groups in total. The maximum Gasteiger partial charge on any atom is 0.230 e. The normalized spacial score (nSPS) is 14.4. The predicted octanol–water partition coefficient (Wildman–Crippen LogP) is 3.64. The smallest absolute Gasteiger partial charge is 0.230 e. The van der Waals surface area contributed by atoms with Crippen LogP contribution in [0.2, 0.25) is 0 Å². The highest BCUT2D eigenvalue weighted by Gasteiger charge is 2.19. The molecule has 0 aliphatic carbocycles. The standard InChI is InChI=1S/C27H29F2N7O3/c28-21-2-1-3-22(26(21)29)32-25(38)13-18-12-24(35-34-18)33-27-20-5-4-19(14-23(20)30-16-31-27)39-15-17-6-8-36(9-7-17)10-11-37/h1-5,12,14,16-17,37H,6-11,13,15H2,(H,32,38)(H2,30,31,33,34,35). The van der Waals surface area contributed by atoms with Crippen LogP contribution in [0.25, 0.3) is 10.9 Å². The van der Waals surface area contributed by atoms with E-state index in [9.17, 15) is 13.6 Å². The molecular weight excluding hydrogens is 508 g/mol. The van der Waals surface area contributed by atoms with Crippen molar-refractivity contribution in [1.82, 2.24) is 25.1 Å². The number of fused-ring (bicyclic) bond motifs is 1. The number of aromatic nitrogens is 4. The number of ether oxygens (including phenoxy) is 1. The van der Waals surface area contributed by atoms with Gasteiger partial charge in [0.2, 0.25) is 5.91 Å². The van der Waals surface area contributed by atoms with E-state index in [2.05, 4.69) is 35.7 Å². The monoisotopic (exact) mass is 537 g/mol. The highest BCUT2D eigenvalue weighted by atomic mass is 19.2. The van der Waals surface area contributed by atoms with Gasteiger partial charge in [-0.2, -0.15) is 5.10 Å². The second kappa shape index (κ2) is 12.1. The van der Waals surface area contributed by atoms with Gasteiger partial charge >= 0.3 is 0 Å². The molecule has 1 amide bonds. The predicted molar refractivity (Wildman–Crippen MR) is 142 cm³/mol. The van der Waals surface area contributed by atoms with Gasteiger partial charge in [-0.15, -0.1) is 0 Å². The summed E-state index contributed by atoms with van der Waals surface area (Å²) in [6.07, 6.45) is 3.41. The van der Waals surface area contributed by atoms with Gasteiger partial charge in [-0.1, -0.05) is 6.07 Å². The number of H-pyrrole nitrogens is 1. The van der Waals surface area contributed by atoms with Crippen molar-refractivity contribution in [3.05, 3.63) is 66.1 Å². The number of aliphatic hydroxyl groups excluding tert-OH is 1. The van der Waals surface area contributed by atoms with Gasteiger partial charge in [0.1, 0.15) is 17.9 Å². The number of hydrogen-bond donors (Lipinski definition) is 4. The van der Waals surface area contributed by atoms with Crippen LogP contribution >= 0.6 is 0 Å². The van der Waals surface area contributed by atoms with E-state index >= 15 is 0 Å². The summed E-state index contributed by atoms with van der Waals surface area (Å²) in [6, 6.07) is 10.9.